The minimum atomic E-state index is -3.54. The Kier molecular flexibility index (Phi) is 5.49. The van der Waals surface area contributed by atoms with Gasteiger partial charge < -0.3 is 5.73 Å². The first-order chi connectivity index (χ1) is 8.80. The minimum Gasteiger partial charge on any atom is -0.329 e. The molecule has 0 aromatic heterocycles. The second-order valence-corrected chi connectivity index (χ2v) is 6.78. The van der Waals surface area contributed by atoms with Gasteiger partial charge in [-0.1, -0.05) is 37.3 Å². The summed E-state index contributed by atoms with van der Waals surface area (Å²) < 4.78 is 28.6. The number of nitrogens with two attached hydrogens (primary N) is 1. The zero-order valence-electron chi connectivity index (χ0n) is 11.8. The van der Waals surface area contributed by atoms with Crippen LogP contribution < -0.4 is 10.5 Å². The average Bonchev–Trinajstić information content (AvgIpc) is 2.35. The van der Waals surface area contributed by atoms with Crippen LogP contribution in [-0.4, -0.2) is 31.4 Å². The number of benzene rings is 1. The molecule has 0 saturated heterocycles. The summed E-state index contributed by atoms with van der Waals surface area (Å²) in [7, 11) is -3.54. The lowest BCUT2D eigenvalue weighted by atomic mass is 10.1. The maximum Gasteiger partial charge on any atom is 0.280 e. The van der Waals surface area contributed by atoms with Gasteiger partial charge in [0.1, 0.15) is 0 Å². The van der Waals surface area contributed by atoms with Gasteiger partial charge in [-0.3, -0.25) is 0 Å². The molecule has 0 saturated carbocycles. The van der Waals surface area contributed by atoms with E-state index in [1.807, 2.05) is 37.3 Å². The molecule has 0 radical (unpaired) electrons. The summed E-state index contributed by atoms with van der Waals surface area (Å²) in [5.74, 6) is 0. The quantitative estimate of drug-likeness (QED) is 0.787. The molecule has 0 atom stereocenters. The fraction of sp³-hybridized carbons (Fsp3) is 0.538. The lowest BCUT2D eigenvalue weighted by Gasteiger charge is -2.29. The summed E-state index contributed by atoms with van der Waals surface area (Å²) in [5.41, 5.74) is 5.87. The topological polar surface area (TPSA) is 75.4 Å². The maximum absolute atomic E-state index is 12.3. The van der Waals surface area contributed by atoms with Crippen molar-refractivity contribution in [3.05, 3.63) is 35.9 Å². The van der Waals surface area contributed by atoms with Crippen molar-refractivity contribution < 1.29 is 8.42 Å². The van der Waals surface area contributed by atoms with Gasteiger partial charge in [-0.25, -0.2) is 0 Å². The lowest BCUT2D eigenvalue weighted by molar-refractivity contribution is 0.385. The third-order valence-electron chi connectivity index (χ3n) is 2.81. The summed E-state index contributed by atoms with van der Waals surface area (Å²) in [6, 6.07) is 9.52. The molecular formula is C13H23N3O2S. The molecule has 1 aromatic carbocycles. The Hall–Kier alpha value is -0.950. The molecule has 0 bridgehead atoms. The Labute approximate surface area is 116 Å². The predicted molar refractivity (Wildman–Crippen MR) is 77.7 cm³/mol. The molecular weight excluding hydrogens is 262 g/mol. The fourth-order valence-corrected chi connectivity index (χ4v) is 3.18. The summed E-state index contributed by atoms with van der Waals surface area (Å²) in [6.07, 6.45) is 0. The number of hydrogen-bond donors (Lipinski definition) is 2. The number of nitrogens with one attached hydrogen (secondary N) is 1. The van der Waals surface area contributed by atoms with E-state index in [9.17, 15) is 8.42 Å². The third-order valence-corrected chi connectivity index (χ3v) is 4.69. The summed E-state index contributed by atoms with van der Waals surface area (Å²) >= 11 is 0. The van der Waals surface area contributed by atoms with Crippen molar-refractivity contribution in [2.24, 2.45) is 5.73 Å². The highest BCUT2D eigenvalue weighted by Gasteiger charge is 2.28. The van der Waals surface area contributed by atoms with Gasteiger partial charge in [0, 0.05) is 25.2 Å². The second-order valence-electron chi connectivity index (χ2n) is 5.11. The molecule has 6 heteroatoms. The molecule has 0 heterocycles. The first kappa shape index (κ1) is 16.1. The molecule has 0 unspecified atom stereocenters. The molecule has 0 spiro atoms. The van der Waals surface area contributed by atoms with Crippen molar-refractivity contribution in [2.75, 3.05) is 13.1 Å². The SMILES string of the molecule is CCN(Cc1ccccc1)S(=O)(=O)NC(C)(C)CN. The Morgan fingerprint density at radius 1 is 1.26 bits per heavy atom. The van der Waals surface area contributed by atoms with E-state index in [0.29, 0.717) is 13.1 Å². The molecule has 0 aliphatic rings. The van der Waals surface area contributed by atoms with E-state index in [0.717, 1.165) is 5.56 Å². The molecule has 1 rings (SSSR count). The molecule has 0 aliphatic heterocycles. The molecule has 0 amide bonds. The van der Waals surface area contributed by atoms with E-state index in [4.69, 9.17) is 5.73 Å². The normalized spacial score (nSPS) is 12.9. The third kappa shape index (κ3) is 4.91. The monoisotopic (exact) mass is 285 g/mol. The zero-order valence-corrected chi connectivity index (χ0v) is 12.6. The first-order valence-corrected chi connectivity index (χ1v) is 7.78. The Morgan fingerprint density at radius 2 is 1.84 bits per heavy atom. The van der Waals surface area contributed by atoms with Gasteiger partial charge in [0.15, 0.2) is 0 Å². The highest BCUT2D eigenvalue weighted by Crippen LogP contribution is 2.11. The van der Waals surface area contributed by atoms with E-state index in [-0.39, 0.29) is 6.54 Å². The van der Waals surface area contributed by atoms with Gasteiger partial charge in [-0.15, -0.1) is 0 Å². The van der Waals surface area contributed by atoms with Crippen LogP contribution in [0.25, 0.3) is 0 Å². The largest absolute Gasteiger partial charge is 0.329 e. The summed E-state index contributed by atoms with van der Waals surface area (Å²) in [5, 5.41) is 0. The predicted octanol–water partition coefficient (Wildman–Crippen LogP) is 1.08. The minimum absolute atomic E-state index is 0.245. The molecule has 3 N–H and O–H groups in total. The fourth-order valence-electron chi connectivity index (χ4n) is 1.61. The van der Waals surface area contributed by atoms with Crippen LogP contribution in [0, 0.1) is 0 Å². The lowest BCUT2D eigenvalue weighted by Crippen LogP contribution is -2.53. The zero-order chi connectivity index (χ0) is 14.5. The molecule has 0 fully saturated rings. The number of hydrogen-bond acceptors (Lipinski definition) is 3. The Morgan fingerprint density at radius 3 is 2.32 bits per heavy atom. The van der Waals surface area contributed by atoms with Crippen LogP contribution in [0.4, 0.5) is 0 Å². The Bertz CT molecular complexity index is 486. The van der Waals surface area contributed by atoms with Crippen molar-refractivity contribution in [1.29, 1.82) is 0 Å². The molecule has 0 aliphatic carbocycles. The standard InChI is InChI=1S/C13H23N3O2S/c1-4-16(10-12-8-6-5-7-9-12)19(17,18)15-13(2,3)11-14/h5-9,15H,4,10-11,14H2,1-3H3. The van der Waals surface area contributed by atoms with E-state index in [1.54, 1.807) is 13.8 Å². The van der Waals surface area contributed by atoms with E-state index in [1.165, 1.54) is 4.31 Å². The Balaban J connectivity index is 2.85. The van der Waals surface area contributed by atoms with Crippen LogP contribution in [0.2, 0.25) is 0 Å². The molecule has 19 heavy (non-hydrogen) atoms. The van der Waals surface area contributed by atoms with Gasteiger partial charge in [0.25, 0.3) is 10.2 Å². The highest BCUT2D eigenvalue weighted by molar-refractivity contribution is 7.87. The highest BCUT2D eigenvalue weighted by atomic mass is 32.2. The van der Waals surface area contributed by atoms with Crippen LogP contribution in [0.3, 0.4) is 0 Å². The maximum atomic E-state index is 12.3. The van der Waals surface area contributed by atoms with Gasteiger partial charge >= 0.3 is 0 Å². The molecule has 5 nitrogen and oxygen atoms in total. The van der Waals surface area contributed by atoms with E-state index < -0.39 is 15.7 Å². The van der Waals surface area contributed by atoms with Crippen LogP contribution in [0.15, 0.2) is 30.3 Å². The number of nitrogens with zero attached hydrogens (tertiary/aromatic N) is 1. The van der Waals surface area contributed by atoms with Crippen LogP contribution >= 0.6 is 0 Å². The van der Waals surface area contributed by atoms with Gasteiger partial charge in [-0.05, 0) is 19.4 Å². The first-order valence-electron chi connectivity index (χ1n) is 6.34. The summed E-state index contributed by atoms with van der Waals surface area (Å²) in [6.45, 7) is 6.35. The van der Waals surface area contributed by atoms with Crippen molar-refractivity contribution in [1.82, 2.24) is 9.03 Å². The van der Waals surface area contributed by atoms with Crippen molar-refractivity contribution in [3.63, 3.8) is 0 Å². The van der Waals surface area contributed by atoms with Gasteiger partial charge in [0.05, 0.1) is 0 Å². The van der Waals surface area contributed by atoms with Crippen molar-refractivity contribution >= 4 is 10.2 Å². The van der Waals surface area contributed by atoms with E-state index >= 15 is 0 Å². The smallest absolute Gasteiger partial charge is 0.280 e. The van der Waals surface area contributed by atoms with Crippen LogP contribution in [0.5, 0.6) is 0 Å². The second kappa shape index (κ2) is 6.47. The van der Waals surface area contributed by atoms with Crippen molar-refractivity contribution in [2.45, 2.75) is 32.9 Å². The summed E-state index contributed by atoms with van der Waals surface area (Å²) in [4.78, 5) is 0. The van der Waals surface area contributed by atoms with E-state index in [2.05, 4.69) is 4.72 Å². The molecule has 108 valence electrons. The molecule has 1 aromatic rings. The number of rotatable bonds is 7. The average molecular weight is 285 g/mol. The van der Waals surface area contributed by atoms with Gasteiger partial charge in [0.2, 0.25) is 0 Å². The van der Waals surface area contributed by atoms with Gasteiger partial charge in [-0.2, -0.15) is 17.4 Å². The van der Waals surface area contributed by atoms with Crippen molar-refractivity contribution in [3.8, 4) is 0 Å². The van der Waals surface area contributed by atoms with Crippen LogP contribution in [0.1, 0.15) is 26.3 Å². The van der Waals surface area contributed by atoms with Crippen LogP contribution in [-0.2, 0) is 16.8 Å².